The molecule has 1 aromatic carbocycles. The van der Waals surface area contributed by atoms with E-state index in [4.69, 9.17) is 4.74 Å². The number of halogens is 1. The normalized spacial score (nSPS) is 18.7. The second-order valence-corrected chi connectivity index (χ2v) is 5.48. The van der Waals surface area contributed by atoms with Crippen LogP contribution in [0, 0.1) is 5.92 Å². The lowest BCUT2D eigenvalue weighted by atomic mass is 9.99. The number of benzene rings is 1. The predicted octanol–water partition coefficient (Wildman–Crippen LogP) is 2.46. The summed E-state index contributed by atoms with van der Waals surface area (Å²) in [6, 6.07) is 4.12. The van der Waals surface area contributed by atoms with Crippen LogP contribution in [-0.2, 0) is 9.59 Å². The van der Waals surface area contributed by atoms with E-state index in [1.807, 2.05) is 6.92 Å². The molecule has 0 aliphatic carbocycles. The van der Waals surface area contributed by atoms with E-state index in [0.717, 1.165) is 4.90 Å². The molecule has 1 unspecified atom stereocenters. The van der Waals surface area contributed by atoms with E-state index >= 15 is 0 Å². The summed E-state index contributed by atoms with van der Waals surface area (Å²) in [5.74, 6) is -1.27. The van der Waals surface area contributed by atoms with Crippen molar-refractivity contribution in [1.29, 1.82) is 0 Å². The Morgan fingerprint density at radius 2 is 2.05 bits per heavy atom. The first-order chi connectivity index (χ1) is 9.99. The Kier molecular flexibility index (Phi) is 4.62. The van der Waals surface area contributed by atoms with Gasteiger partial charge < -0.3 is 4.74 Å². The first-order valence-corrected chi connectivity index (χ1v) is 7.31. The molecule has 4 amide bonds. The zero-order chi connectivity index (χ0) is 15.6. The number of carbonyl (C=O) groups is 3. The number of rotatable bonds is 4. The van der Waals surface area contributed by atoms with E-state index in [-0.39, 0.29) is 0 Å². The maximum atomic E-state index is 12.4. The van der Waals surface area contributed by atoms with Crippen molar-refractivity contribution in [3.63, 3.8) is 0 Å². The van der Waals surface area contributed by atoms with Gasteiger partial charge in [0.15, 0.2) is 0 Å². The number of nitrogens with zero attached hydrogens (tertiary/aromatic N) is 1. The second kappa shape index (κ2) is 6.26. The molecule has 0 bridgehead atoms. The van der Waals surface area contributed by atoms with E-state index in [2.05, 4.69) is 21.2 Å². The fourth-order valence-electron chi connectivity index (χ4n) is 2.20. The zero-order valence-electron chi connectivity index (χ0n) is 11.7. The molecule has 112 valence electrons. The standard InChI is InChI=1S/C14H15BrN2O4/c1-3-4-9-12(18)16-14(20)17(13(9)19)8-5-6-11(21-2)10(15)7-8/h5-7,9H,3-4H2,1-2H3,(H,16,18,20). The fourth-order valence-corrected chi connectivity index (χ4v) is 2.73. The molecule has 6 nitrogen and oxygen atoms in total. The van der Waals surface area contributed by atoms with Gasteiger partial charge in [-0.2, -0.15) is 0 Å². The number of amides is 4. The van der Waals surface area contributed by atoms with Crippen LogP contribution in [0.4, 0.5) is 10.5 Å². The number of nitrogens with one attached hydrogen (secondary N) is 1. The van der Waals surface area contributed by atoms with E-state index < -0.39 is 23.8 Å². The van der Waals surface area contributed by atoms with Gasteiger partial charge in [-0.1, -0.05) is 13.3 Å². The van der Waals surface area contributed by atoms with Crippen LogP contribution in [-0.4, -0.2) is 25.0 Å². The molecule has 0 aromatic heterocycles. The van der Waals surface area contributed by atoms with Crippen molar-refractivity contribution in [1.82, 2.24) is 5.32 Å². The fraction of sp³-hybridized carbons (Fsp3) is 0.357. The van der Waals surface area contributed by atoms with Crippen molar-refractivity contribution in [3.8, 4) is 5.75 Å². The third-order valence-corrected chi connectivity index (χ3v) is 3.86. The first-order valence-electron chi connectivity index (χ1n) is 6.52. The molecule has 0 saturated carbocycles. The second-order valence-electron chi connectivity index (χ2n) is 4.63. The van der Waals surface area contributed by atoms with Crippen molar-refractivity contribution < 1.29 is 19.1 Å². The maximum Gasteiger partial charge on any atom is 0.335 e. The van der Waals surface area contributed by atoms with Gasteiger partial charge in [0, 0.05) is 0 Å². The van der Waals surface area contributed by atoms with E-state index in [0.29, 0.717) is 28.8 Å². The molecule has 2 rings (SSSR count). The van der Waals surface area contributed by atoms with Crippen molar-refractivity contribution in [2.24, 2.45) is 5.92 Å². The Bertz CT molecular complexity index is 603. The van der Waals surface area contributed by atoms with Crippen molar-refractivity contribution >= 4 is 39.5 Å². The Balaban J connectivity index is 2.37. The number of imide groups is 2. The molecule has 1 aromatic rings. The van der Waals surface area contributed by atoms with Gasteiger partial charge in [-0.25, -0.2) is 9.69 Å². The predicted molar refractivity (Wildman–Crippen MR) is 80.1 cm³/mol. The van der Waals surface area contributed by atoms with E-state index in [1.165, 1.54) is 7.11 Å². The van der Waals surface area contributed by atoms with Crippen LogP contribution in [0.15, 0.2) is 22.7 Å². The van der Waals surface area contributed by atoms with Crippen LogP contribution in [0.1, 0.15) is 19.8 Å². The summed E-state index contributed by atoms with van der Waals surface area (Å²) in [7, 11) is 1.52. The lowest BCUT2D eigenvalue weighted by Gasteiger charge is -2.30. The number of barbiturate groups is 1. The summed E-state index contributed by atoms with van der Waals surface area (Å²) in [5.41, 5.74) is 0.388. The average molecular weight is 355 g/mol. The largest absolute Gasteiger partial charge is 0.496 e. The highest BCUT2D eigenvalue weighted by molar-refractivity contribution is 9.10. The number of ether oxygens (including phenoxy) is 1. The third-order valence-electron chi connectivity index (χ3n) is 3.24. The number of anilines is 1. The van der Waals surface area contributed by atoms with Crippen molar-refractivity contribution in [3.05, 3.63) is 22.7 Å². The summed E-state index contributed by atoms with van der Waals surface area (Å²) < 4.78 is 5.73. The van der Waals surface area contributed by atoms with E-state index in [9.17, 15) is 14.4 Å². The van der Waals surface area contributed by atoms with Crippen LogP contribution in [0.2, 0.25) is 0 Å². The van der Waals surface area contributed by atoms with Gasteiger partial charge in [-0.3, -0.25) is 14.9 Å². The molecule has 0 radical (unpaired) electrons. The maximum absolute atomic E-state index is 12.4. The van der Waals surface area contributed by atoms with Gasteiger partial charge in [-0.05, 0) is 40.5 Å². The average Bonchev–Trinajstić information content (AvgIpc) is 2.43. The SMILES string of the molecule is CCCC1C(=O)NC(=O)N(c2ccc(OC)c(Br)c2)C1=O. The topological polar surface area (TPSA) is 75.7 Å². The summed E-state index contributed by atoms with van der Waals surface area (Å²) >= 11 is 3.31. The monoisotopic (exact) mass is 354 g/mol. The van der Waals surface area contributed by atoms with Crippen molar-refractivity contribution in [2.45, 2.75) is 19.8 Å². The smallest absolute Gasteiger partial charge is 0.335 e. The van der Waals surface area contributed by atoms with Gasteiger partial charge in [0.25, 0.3) is 0 Å². The van der Waals surface area contributed by atoms with Gasteiger partial charge in [-0.15, -0.1) is 0 Å². The van der Waals surface area contributed by atoms with Crippen LogP contribution in [0.25, 0.3) is 0 Å². The van der Waals surface area contributed by atoms with Gasteiger partial charge in [0.1, 0.15) is 11.7 Å². The first kappa shape index (κ1) is 15.5. The van der Waals surface area contributed by atoms with Crippen molar-refractivity contribution in [2.75, 3.05) is 12.0 Å². The molecule has 1 atom stereocenters. The molecular weight excluding hydrogens is 340 g/mol. The lowest BCUT2D eigenvalue weighted by Crippen LogP contribution is -2.58. The quantitative estimate of drug-likeness (QED) is 0.842. The summed E-state index contributed by atoms with van der Waals surface area (Å²) in [5, 5.41) is 2.22. The summed E-state index contributed by atoms with van der Waals surface area (Å²) in [6.07, 6.45) is 1.09. The Morgan fingerprint density at radius 1 is 1.33 bits per heavy atom. The minimum Gasteiger partial charge on any atom is -0.496 e. The highest BCUT2D eigenvalue weighted by Crippen LogP contribution is 2.31. The number of methoxy groups -OCH3 is 1. The molecule has 1 fully saturated rings. The van der Waals surface area contributed by atoms with Gasteiger partial charge in [0.05, 0.1) is 17.3 Å². The molecule has 1 aliphatic heterocycles. The minimum absolute atomic E-state index is 0.388. The van der Waals surface area contributed by atoms with Crippen LogP contribution >= 0.6 is 15.9 Å². The third kappa shape index (κ3) is 2.92. The molecule has 1 aliphatic rings. The van der Waals surface area contributed by atoms with E-state index in [1.54, 1.807) is 18.2 Å². The Morgan fingerprint density at radius 3 is 2.62 bits per heavy atom. The lowest BCUT2D eigenvalue weighted by molar-refractivity contribution is -0.134. The number of carbonyl (C=O) groups excluding carboxylic acids is 3. The zero-order valence-corrected chi connectivity index (χ0v) is 13.3. The Hall–Kier alpha value is -1.89. The summed E-state index contributed by atoms with van der Waals surface area (Å²) in [6.45, 7) is 1.88. The highest BCUT2D eigenvalue weighted by atomic mass is 79.9. The molecule has 7 heteroatoms. The number of hydrogen-bond acceptors (Lipinski definition) is 4. The molecule has 21 heavy (non-hydrogen) atoms. The van der Waals surface area contributed by atoms with Crippen LogP contribution in [0.3, 0.4) is 0 Å². The van der Waals surface area contributed by atoms with Gasteiger partial charge >= 0.3 is 6.03 Å². The van der Waals surface area contributed by atoms with Gasteiger partial charge in [0.2, 0.25) is 11.8 Å². The molecule has 1 heterocycles. The molecule has 1 N–H and O–H groups in total. The molecule has 0 spiro atoms. The van der Waals surface area contributed by atoms with Crippen LogP contribution in [0.5, 0.6) is 5.75 Å². The number of urea groups is 1. The number of hydrogen-bond donors (Lipinski definition) is 1. The summed E-state index contributed by atoms with van der Waals surface area (Å²) in [4.78, 5) is 37.1. The Labute approximate surface area is 130 Å². The molecule has 1 saturated heterocycles. The molecular formula is C14H15BrN2O4. The highest BCUT2D eigenvalue weighted by Gasteiger charge is 2.40. The van der Waals surface area contributed by atoms with Crippen LogP contribution < -0.4 is 15.0 Å². The minimum atomic E-state index is -0.825.